The molecule has 2 aromatic carbocycles. The van der Waals surface area contributed by atoms with Crippen LogP contribution in [0.3, 0.4) is 0 Å². The third kappa shape index (κ3) is 3.19. The van der Waals surface area contributed by atoms with Crippen LogP contribution in [0.1, 0.15) is 45.1 Å². The van der Waals surface area contributed by atoms with Crippen LogP contribution in [0.2, 0.25) is 0 Å². The minimum absolute atomic E-state index is 0.0811. The zero-order valence-electron chi connectivity index (χ0n) is 13.8. The van der Waals surface area contributed by atoms with E-state index in [-0.39, 0.29) is 11.6 Å². The standard InChI is InChI=1S/C19H22FNO/c1-11-6-7-16(9-18(11)20)21-10-17-12(2)8-13(3)19(14(17)4)15(5)22/h6-9,21H,10H2,1-5H3. The first-order valence-electron chi connectivity index (χ1n) is 7.42. The number of nitrogens with one attached hydrogen (secondary N) is 1. The van der Waals surface area contributed by atoms with Crippen LogP contribution < -0.4 is 5.32 Å². The molecule has 1 N–H and O–H groups in total. The van der Waals surface area contributed by atoms with E-state index in [1.54, 1.807) is 19.9 Å². The number of carbonyl (C=O) groups is 1. The van der Waals surface area contributed by atoms with Crippen LogP contribution in [0.4, 0.5) is 10.1 Å². The summed E-state index contributed by atoms with van der Waals surface area (Å²) < 4.78 is 13.6. The zero-order chi connectivity index (χ0) is 16.4. The minimum Gasteiger partial charge on any atom is -0.381 e. The number of carbonyl (C=O) groups excluding carboxylic acids is 1. The molecule has 0 spiro atoms. The second kappa shape index (κ2) is 6.30. The molecule has 0 saturated heterocycles. The lowest BCUT2D eigenvalue weighted by atomic mass is 9.91. The largest absolute Gasteiger partial charge is 0.381 e. The van der Waals surface area contributed by atoms with E-state index in [4.69, 9.17) is 0 Å². The summed E-state index contributed by atoms with van der Waals surface area (Å²) in [7, 11) is 0. The van der Waals surface area contributed by atoms with E-state index in [0.717, 1.165) is 33.5 Å². The molecule has 0 heterocycles. The first-order chi connectivity index (χ1) is 10.3. The smallest absolute Gasteiger partial charge is 0.160 e. The van der Waals surface area contributed by atoms with Crippen LogP contribution in [0.5, 0.6) is 0 Å². The molecule has 116 valence electrons. The van der Waals surface area contributed by atoms with Gasteiger partial charge in [-0.2, -0.15) is 0 Å². The molecule has 22 heavy (non-hydrogen) atoms. The first-order valence-corrected chi connectivity index (χ1v) is 7.42. The SMILES string of the molecule is CC(=O)c1c(C)cc(C)c(CNc2ccc(C)c(F)c2)c1C. The summed E-state index contributed by atoms with van der Waals surface area (Å²) in [6, 6.07) is 7.16. The lowest BCUT2D eigenvalue weighted by Crippen LogP contribution is -2.09. The number of ketones is 1. The number of rotatable bonds is 4. The molecule has 0 radical (unpaired) electrons. The van der Waals surface area contributed by atoms with Crippen molar-refractivity contribution in [3.05, 3.63) is 63.5 Å². The number of hydrogen-bond acceptors (Lipinski definition) is 2. The van der Waals surface area contributed by atoms with Crippen molar-refractivity contribution in [2.75, 3.05) is 5.32 Å². The van der Waals surface area contributed by atoms with Crippen molar-refractivity contribution < 1.29 is 9.18 Å². The van der Waals surface area contributed by atoms with Crippen LogP contribution in [0, 0.1) is 33.5 Å². The van der Waals surface area contributed by atoms with Crippen molar-refractivity contribution >= 4 is 11.5 Å². The number of Topliss-reactive ketones (excluding diaryl/α,β-unsaturated/α-hetero) is 1. The molecule has 0 bridgehead atoms. The molecule has 0 amide bonds. The van der Waals surface area contributed by atoms with Gasteiger partial charge in [-0.25, -0.2) is 4.39 Å². The fraction of sp³-hybridized carbons (Fsp3) is 0.316. The fourth-order valence-electron chi connectivity index (χ4n) is 2.93. The van der Waals surface area contributed by atoms with Gasteiger partial charge in [0.15, 0.2) is 5.78 Å². The molecule has 0 atom stereocenters. The highest BCUT2D eigenvalue weighted by Gasteiger charge is 2.14. The number of halogens is 1. The lowest BCUT2D eigenvalue weighted by Gasteiger charge is -2.17. The minimum atomic E-state index is -0.216. The fourth-order valence-corrected chi connectivity index (χ4v) is 2.93. The van der Waals surface area contributed by atoms with Crippen molar-refractivity contribution in [1.82, 2.24) is 0 Å². The lowest BCUT2D eigenvalue weighted by molar-refractivity contribution is 0.101. The third-order valence-electron chi connectivity index (χ3n) is 4.12. The molecule has 0 aliphatic rings. The summed E-state index contributed by atoms with van der Waals surface area (Å²) >= 11 is 0. The van der Waals surface area contributed by atoms with E-state index in [2.05, 4.69) is 5.32 Å². The molecular formula is C19H22FNO. The van der Waals surface area contributed by atoms with Crippen LogP contribution in [0.15, 0.2) is 24.3 Å². The van der Waals surface area contributed by atoms with Gasteiger partial charge in [-0.05, 0) is 74.6 Å². The number of benzene rings is 2. The summed E-state index contributed by atoms with van der Waals surface area (Å²) in [6.07, 6.45) is 0. The average molecular weight is 299 g/mol. The molecule has 2 rings (SSSR count). The molecular weight excluding hydrogens is 277 g/mol. The zero-order valence-corrected chi connectivity index (χ0v) is 13.8. The van der Waals surface area contributed by atoms with E-state index < -0.39 is 0 Å². The quantitative estimate of drug-likeness (QED) is 0.816. The maximum Gasteiger partial charge on any atom is 0.160 e. The molecule has 0 saturated carbocycles. The highest BCUT2D eigenvalue weighted by atomic mass is 19.1. The van der Waals surface area contributed by atoms with Crippen molar-refractivity contribution in [1.29, 1.82) is 0 Å². The highest BCUT2D eigenvalue weighted by molar-refractivity contribution is 5.97. The summed E-state index contributed by atoms with van der Waals surface area (Å²) in [5, 5.41) is 3.24. The topological polar surface area (TPSA) is 29.1 Å². The van der Waals surface area contributed by atoms with E-state index in [0.29, 0.717) is 12.1 Å². The van der Waals surface area contributed by atoms with E-state index in [1.165, 1.54) is 6.07 Å². The predicted octanol–water partition coefficient (Wildman–Crippen LogP) is 4.87. The molecule has 2 nitrogen and oxygen atoms in total. The Bertz CT molecular complexity index is 735. The van der Waals surface area contributed by atoms with E-state index >= 15 is 0 Å². The molecule has 0 aromatic heterocycles. The van der Waals surface area contributed by atoms with Gasteiger partial charge < -0.3 is 5.32 Å². The van der Waals surface area contributed by atoms with Gasteiger partial charge >= 0.3 is 0 Å². The first kappa shape index (κ1) is 16.2. The maximum absolute atomic E-state index is 13.6. The Morgan fingerprint density at radius 2 is 1.73 bits per heavy atom. The maximum atomic E-state index is 13.6. The van der Waals surface area contributed by atoms with Crippen molar-refractivity contribution in [3.8, 4) is 0 Å². The van der Waals surface area contributed by atoms with E-state index in [1.807, 2.05) is 32.9 Å². The highest BCUT2D eigenvalue weighted by Crippen LogP contribution is 2.24. The number of hydrogen-bond donors (Lipinski definition) is 1. The van der Waals surface area contributed by atoms with Gasteiger partial charge in [0.25, 0.3) is 0 Å². The molecule has 3 heteroatoms. The third-order valence-corrected chi connectivity index (χ3v) is 4.12. The Morgan fingerprint density at radius 3 is 2.32 bits per heavy atom. The van der Waals surface area contributed by atoms with Gasteiger partial charge in [-0.15, -0.1) is 0 Å². The van der Waals surface area contributed by atoms with Crippen LogP contribution in [0.25, 0.3) is 0 Å². The van der Waals surface area contributed by atoms with Crippen LogP contribution in [-0.4, -0.2) is 5.78 Å². The molecule has 0 fully saturated rings. The van der Waals surface area contributed by atoms with Gasteiger partial charge in [0.2, 0.25) is 0 Å². The summed E-state index contributed by atoms with van der Waals surface area (Å²) in [5.74, 6) is -0.135. The monoisotopic (exact) mass is 299 g/mol. The molecule has 0 aliphatic carbocycles. The molecule has 0 unspecified atom stereocenters. The average Bonchev–Trinajstić information content (AvgIpc) is 2.41. The van der Waals surface area contributed by atoms with Gasteiger partial charge in [-0.3, -0.25) is 4.79 Å². The van der Waals surface area contributed by atoms with E-state index in [9.17, 15) is 9.18 Å². The summed E-state index contributed by atoms with van der Waals surface area (Å²) in [6.45, 7) is 9.88. The van der Waals surface area contributed by atoms with Gasteiger partial charge in [0, 0.05) is 17.8 Å². The Balaban J connectivity index is 2.31. The number of anilines is 1. The Labute approximate surface area is 131 Å². The Morgan fingerprint density at radius 1 is 1.05 bits per heavy atom. The van der Waals surface area contributed by atoms with Crippen LogP contribution >= 0.6 is 0 Å². The van der Waals surface area contributed by atoms with Gasteiger partial charge in [-0.1, -0.05) is 12.1 Å². The Hall–Kier alpha value is -2.16. The van der Waals surface area contributed by atoms with Crippen molar-refractivity contribution in [2.45, 2.75) is 41.2 Å². The molecule has 2 aromatic rings. The van der Waals surface area contributed by atoms with Crippen molar-refractivity contribution in [2.24, 2.45) is 0 Å². The Kier molecular flexibility index (Phi) is 4.65. The summed E-state index contributed by atoms with van der Waals surface area (Å²) in [4.78, 5) is 11.8. The van der Waals surface area contributed by atoms with Gasteiger partial charge in [0.1, 0.15) is 5.82 Å². The number of aryl methyl sites for hydroxylation is 3. The predicted molar refractivity (Wildman–Crippen MR) is 89.1 cm³/mol. The van der Waals surface area contributed by atoms with Crippen LogP contribution in [-0.2, 0) is 6.54 Å². The van der Waals surface area contributed by atoms with Gasteiger partial charge in [0.05, 0.1) is 0 Å². The summed E-state index contributed by atoms with van der Waals surface area (Å²) in [5.41, 5.74) is 6.41. The normalized spacial score (nSPS) is 10.6. The second-order valence-corrected chi connectivity index (χ2v) is 5.86. The second-order valence-electron chi connectivity index (χ2n) is 5.86. The molecule has 0 aliphatic heterocycles. The van der Waals surface area contributed by atoms with Crippen molar-refractivity contribution in [3.63, 3.8) is 0 Å².